The monoisotopic (exact) mass is 349 g/mol. The van der Waals surface area contributed by atoms with Crippen LogP contribution in [-0.2, 0) is 0 Å². The molecule has 0 spiro atoms. The molecule has 132 valence electrons. The SMILES string of the molecule is O=C(Nc1cnn(-c2ncc(N3CCCCC3)cn2)c1)c1cccnc1. The Morgan fingerprint density at radius 2 is 1.85 bits per heavy atom. The van der Waals surface area contributed by atoms with E-state index in [2.05, 4.69) is 30.3 Å². The van der Waals surface area contributed by atoms with Gasteiger partial charge in [-0.1, -0.05) is 0 Å². The summed E-state index contributed by atoms with van der Waals surface area (Å²) in [6, 6.07) is 3.42. The normalized spacial score (nSPS) is 14.2. The molecule has 0 aromatic carbocycles. The topological polar surface area (TPSA) is 88.8 Å². The molecule has 3 aromatic rings. The predicted octanol–water partition coefficient (Wildman–Crippen LogP) is 2.30. The second-order valence-corrected chi connectivity index (χ2v) is 6.16. The van der Waals surface area contributed by atoms with Gasteiger partial charge in [0, 0.05) is 25.5 Å². The molecular weight excluding hydrogens is 330 g/mol. The van der Waals surface area contributed by atoms with Crippen LogP contribution in [0.3, 0.4) is 0 Å². The molecule has 4 heterocycles. The van der Waals surface area contributed by atoms with E-state index in [-0.39, 0.29) is 5.91 Å². The molecule has 0 saturated carbocycles. The number of carbonyl (C=O) groups excluding carboxylic acids is 1. The summed E-state index contributed by atoms with van der Waals surface area (Å²) < 4.78 is 1.54. The van der Waals surface area contributed by atoms with Crippen LogP contribution in [0.4, 0.5) is 11.4 Å². The van der Waals surface area contributed by atoms with Gasteiger partial charge in [-0.2, -0.15) is 5.10 Å². The lowest BCUT2D eigenvalue weighted by atomic mass is 10.1. The molecule has 1 fully saturated rings. The van der Waals surface area contributed by atoms with Gasteiger partial charge in [-0.05, 0) is 31.4 Å². The van der Waals surface area contributed by atoms with E-state index in [0.29, 0.717) is 17.2 Å². The molecule has 1 N–H and O–H groups in total. The summed E-state index contributed by atoms with van der Waals surface area (Å²) in [5, 5.41) is 7.01. The first kappa shape index (κ1) is 16.2. The van der Waals surface area contributed by atoms with Gasteiger partial charge >= 0.3 is 0 Å². The lowest BCUT2D eigenvalue weighted by molar-refractivity contribution is 0.102. The third kappa shape index (κ3) is 3.53. The lowest BCUT2D eigenvalue weighted by Gasteiger charge is -2.28. The van der Waals surface area contributed by atoms with Crippen molar-refractivity contribution in [3.63, 3.8) is 0 Å². The van der Waals surface area contributed by atoms with E-state index < -0.39 is 0 Å². The number of hydrogen-bond acceptors (Lipinski definition) is 6. The number of rotatable bonds is 4. The highest BCUT2D eigenvalue weighted by Gasteiger charge is 2.13. The summed E-state index contributed by atoms with van der Waals surface area (Å²) in [4.78, 5) is 27.2. The average Bonchev–Trinajstić information content (AvgIpc) is 3.18. The zero-order valence-corrected chi connectivity index (χ0v) is 14.2. The van der Waals surface area contributed by atoms with Crippen LogP contribution in [0.25, 0.3) is 5.95 Å². The molecule has 26 heavy (non-hydrogen) atoms. The Morgan fingerprint density at radius 3 is 2.58 bits per heavy atom. The van der Waals surface area contributed by atoms with Crippen LogP contribution in [0.1, 0.15) is 29.6 Å². The number of aromatic nitrogens is 5. The Kier molecular flexibility index (Phi) is 4.55. The van der Waals surface area contributed by atoms with Crippen molar-refractivity contribution in [2.24, 2.45) is 0 Å². The van der Waals surface area contributed by atoms with Crippen LogP contribution in [0.2, 0.25) is 0 Å². The minimum atomic E-state index is -0.237. The Morgan fingerprint density at radius 1 is 1.04 bits per heavy atom. The molecule has 8 nitrogen and oxygen atoms in total. The van der Waals surface area contributed by atoms with Gasteiger partial charge in [0.1, 0.15) is 0 Å². The molecule has 1 aliphatic rings. The smallest absolute Gasteiger partial charge is 0.257 e. The van der Waals surface area contributed by atoms with Crippen molar-refractivity contribution < 1.29 is 4.79 Å². The fraction of sp³-hybridized carbons (Fsp3) is 0.278. The third-order valence-electron chi connectivity index (χ3n) is 4.31. The first-order chi connectivity index (χ1) is 12.8. The molecule has 1 aliphatic heterocycles. The van der Waals surface area contributed by atoms with Crippen molar-refractivity contribution in [1.29, 1.82) is 0 Å². The molecule has 0 atom stereocenters. The van der Waals surface area contributed by atoms with E-state index in [4.69, 9.17) is 0 Å². The molecule has 1 amide bonds. The summed E-state index contributed by atoms with van der Waals surface area (Å²) in [6.07, 6.45) is 13.7. The Bertz CT molecular complexity index is 870. The number of anilines is 2. The molecular formula is C18H19N7O. The molecule has 1 saturated heterocycles. The quantitative estimate of drug-likeness (QED) is 0.777. The standard InChI is InChI=1S/C18H19N7O/c26-17(14-5-4-6-19-9-14)23-15-10-22-25(13-15)18-20-11-16(12-21-18)24-7-2-1-3-8-24/h4-6,9-13H,1-3,7-8H2,(H,23,26). The van der Waals surface area contributed by atoms with Crippen molar-refractivity contribution in [3.05, 3.63) is 54.9 Å². The van der Waals surface area contributed by atoms with Gasteiger partial charge in [-0.3, -0.25) is 9.78 Å². The largest absolute Gasteiger partial charge is 0.369 e. The minimum absolute atomic E-state index is 0.237. The maximum Gasteiger partial charge on any atom is 0.257 e. The second-order valence-electron chi connectivity index (χ2n) is 6.16. The number of piperidine rings is 1. The first-order valence-electron chi connectivity index (χ1n) is 8.63. The number of carbonyl (C=O) groups is 1. The number of nitrogens with zero attached hydrogens (tertiary/aromatic N) is 6. The average molecular weight is 349 g/mol. The second kappa shape index (κ2) is 7.30. The molecule has 4 rings (SSSR count). The molecule has 8 heteroatoms. The highest BCUT2D eigenvalue weighted by atomic mass is 16.1. The minimum Gasteiger partial charge on any atom is -0.369 e. The van der Waals surface area contributed by atoms with Crippen LogP contribution in [0.15, 0.2) is 49.3 Å². The van der Waals surface area contributed by atoms with E-state index in [1.807, 2.05) is 12.4 Å². The van der Waals surface area contributed by atoms with Gasteiger partial charge in [0.05, 0.1) is 41.7 Å². The van der Waals surface area contributed by atoms with E-state index in [9.17, 15) is 4.79 Å². The number of pyridine rings is 1. The van der Waals surface area contributed by atoms with Crippen molar-refractivity contribution in [3.8, 4) is 5.95 Å². The maximum absolute atomic E-state index is 12.2. The third-order valence-corrected chi connectivity index (χ3v) is 4.31. The van der Waals surface area contributed by atoms with E-state index in [1.54, 1.807) is 35.4 Å². The summed E-state index contributed by atoms with van der Waals surface area (Å²) in [5.74, 6) is 0.228. The van der Waals surface area contributed by atoms with Crippen molar-refractivity contribution in [1.82, 2.24) is 24.7 Å². The van der Waals surface area contributed by atoms with E-state index in [0.717, 1.165) is 18.8 Å². The lowest BCUT2D eigenvalue weighted by Crippen LogP contribution is -2.29. The Hall–Kier alpha value is -3.29. The highest BCUT2D eigenvalue weighted by molar-refractivity contribution is 6.03. The summed E-state index contributed by atoms with van der Waals surface area (Å²) in [6.45, 7) is 2.10. The maximum atomic E-state index is 12.2. The van der Waals surface area contributed by atoms with E-state index >= 15 is 0 Å². The summed E-state index contributed by atoms with van der Waals surface area (Å²) >= 11 is 0. The first-order valence-corrected chi connectivity index (χ1v) is 8.63. The summed E-state index contributed by atoms with van der Waals surface area (Å²) in [5.41, 5.74) is 2.09. The van der Waals surface area contributed by atoms with Crippen molar-refractivity contribution in [2.45, 2.75) is 19.3 Å². The molecule has 0 bridgehead atoms. The van der Waals surface area contributed by atoms with Gasteiger partial charge in [0.15, 0.2) is 0 Å². The fourth-order valence-electron chi connectivity index (χ4n) is 2.95. The van der Waals surface area contributed by atoms with Crippen LogP contribution in [0, 0.1) is 0 Å². The molecule has 0 radical (unpaired) electrons. The highest BCUT2D eigenvalue weighted by Crippen LogP contribution is 2.18. The molecule has 0 aliphatic carbocycles. The van der Waals surface area contributed by atoms with Crippen LogP contribution in [0.5, 0.6) is 0 Å². The van der Waals surface area contributed by atoms with Gasteiger partial charge in [-0.15, -0.1) is 0 Å². The van der Waals surface area contributed by atoms with Gasteiger partial charge in [0.2, 0.25) is 0 Å². The van der Waals surface area contributed by atoms with E-state index in [1.165, 1.54) is 25.5 Å². The van der Waals surface area contributed by atoms with Crippen LogP contribution >= 0.6 is 0 Å². The predicted molar refractivity (Wildman–Crippen MR) is 97.4 cm³/mol. The van der Waals surface area contributed by atoms with Crippen molar-refractivity contribution >= 4 is 17.3 Å². The Labute approximate surface area is 150 Å². The van der Waals surface area contributed by atoms with Crippen LogP contribution in [-0.4, -0.2) is 43.7 Å². The summed E-state index contributed by atoms with van der Waals surface area (Å²) in [7, 11) is 0. The number of nitrogens with one attached hydrogen (secondary N) is 1. The van der Waals surface area contributed by atoms with Crippen LogP contribution < -0.4 is 10.2 Å². The number of hydrogen-bond donors (Lipinski definition) is 1. The van der Waals surface area contributed by atoms with Gasteiger partial charge in [-0.25, -0.2) is 14.6 Å². The molecule has 0 unspecified atom stereocenters. The zero-order valence-electron chi connectivity index (χ0n) is 14.2. The zero-order chi connectivity index (χ0) is 17.8. The molecule has 3 aromatic heterocycles. The Balaban J connectivity index is 1.45. The van der Waals surface area contributed by atoms with Crippen molar-refractivity contribution in [2.75, 3.05) is 23.3 Å². The number of amides is 1. The fourth-order valence-corrected chi connectivity index (χ4v) is 2.95. The van der Waals surface area contributed by atoms with Gasteiger partial charge < -0.3 is 10.2 Å². The van der Waals surface area contributed by atoms with Gasteiger partial charge in [0.25, 0.3) is 11.9 Å².